The van der Waals surface area contributed by atoms with Crippen LogP contribution in [-0.2, 0) is 14.8 Å². The molecule has 0 aliphatic heterocycles. The SMILES string of the molecule is CC[C@H](C(=O)Nc1ccc2c(c1)sc(=O)n2C(C)C)N(c1ccc(C)c(C)c1)S(C)(=O)=O. The first-order valence-electron chi connectivity index (χ1n) is 10.5. The Morgan fingerprint density at radius 1 is 1.12 bits per heavy atom. The number of thiazole rings is 1. The Hall–Kier alpha value is -2.65. The number of sulfonamides is 1. The molecule has 1 amide bonds. The van der Waals surface area contributed by atoms with E-state index in [1.807, 2.05) is 39.8 Å². The van der Waals surface area contributed by atoms with Crippen molar-refractivity contribution in [2.45, 2.75) is 53.1 Å². The van der Waals surface area contributed by atoms with E-state index in [0.29, 0.717) is 17.8 Å². The number of carbonyl (C=O) groups is 1. The van der Waals surface area contributed by atoms with Crippen molar-refractivity contribution in [3.8, 4) is 0 Å². The lowest BCUT2D eigenvalue weighted by atomic mass is 10.1. The first kappa shape index (κ1) is 24.0. The topological polar surface area (TPSA) is 88.5 Å². The minimum absolute atomic E-state index is 0.0300. The van der Waals surface area contributed by atoms with Crippen LogP contribution in [0.5, 0.6) is 0 Å². The molecule has 32 heavy (non-hydrogen) atoms. The fraction of sp³-hybridized carbons (Fsp3) is 0.391. The normalized spacial score (nSPS) is 12.8. The molecular weight excluding hydrogens is 446 g/mol. The molecule has 0 saturated carbocycles. The zero-order valence-electron chi connectivity index (χ0n) is 19.2. The van der Waals surface area contributed by atoms with Crippen LogP contribution in [0.15, 0.2) is 41.2 Å². The molecule has 0 unspecified atom stereocenters. The highest BCUT2D eigenvalue weighted by Crippen LogP contribution is 2.27. The van der Waals surface area contributed by atoms with E-state index >= 15 is 0 Å². The van der Waals surface area contributed by atoms with E-state index in [0.717, 1.165) is 38.9 Å². The van der Waals surface area contributed by atoms with E-state index in [9.17, 15) is 18.0 Å². The summed E-state index contributed by atoms with van der Waals surface area (Å²) in [5.41, 5.74) is 3.78. The standard InChI is InChI=1S/C23H29N3O4S2/c1-7-19(26(32(6,29)30)18-10-8-15(4)16(5)12-18)22(27)24-17-9-11-20-21(13-17)31-23(28)25(20)14(2)3/h8-14,19H,7H2,1-6H3,(H,24,27)/t19-/m1/s1. The average molecular weight is 476 g/mol. The van der Waals surface area contributed by atoms with Crippen LogP contribution in [0.1, 0.15) is 44.4 Å². The van der Waals surface area contributed by atoms with Gasteiger partial charge in [-0.2, -0.15) is 0 Å². The fourth-order valence-electron chi connectivity index (χ4n) is 3.75. The van der Waals surface area contributed by atoms with E-state index in [2.05, 4.69) is 5.32 Å². The van der Waals surface area contributed by atoms with Gasteiger partial charge in [-0.25, -0.2) is 8.42 Å². The lowest BCUT2D eigenvalue weighted by Gasteiger charge is -2.30. The van der Waals surface area contributed by atoms with Crippen LogP contribution in [0.2, 0.25) is 0 Å². The van der Waals surface area contributed by atoms with Gasteiger partial charge in [0, 0.05) is 11.7 Å². The molecule has 1 N–H and O–H groups in total. The molecular formula is C23H29N3O4S2. The second kappa shape index (κ2) is 9.07. The number of aromatic nitrogens is 1. The number of nitrogens with one attached hydrogen (secondary N) is 1. The Morgan fingerprint density at radius 3 is 2.38 bits per heavy atom. The van der Waals surface area contributed by atoms with Crippen LogP contribution in [0.3, 0.4) is 0 Å². The molecule has 1 heterocycles. The third-order valence-electron chi connectivity index (χ3n) is 5.47. The summed E-state index contributed by atoms with van der Waals surface area (Å²) in [6.07, 6.45) is 1.40. The number of aryl methyl sites for hydroxylation is 2. The summed E-state index contributed by atoms with van der Waals surface area (Å²) in [4.78, 5) is 25.4. The zero-order valence-corrected chi connectivity index (χ0v) is 20.8. The maximum atomic E-state index is 13.2. The van der Waals surface area contributed by atoms with E-state index in [4.69, 9.17) is 0 Å². The van der Waals surface area contributed by atoms with Gasteiger partial charge in [-0.05, 0) is 75.6 Å². The second-order valence-corrected chi connectivity index (χ2v) is 11.1. The highest BCUT2D eigenvalue weighted by atomic mass is 32.2. The lowest BCUT2D eigenvalue weighted by Crippen LogP contribution is -2.47. The number of anilines is 2. The predicted octanol–water partition coefficient (Wildman–Crippen LogP) is 4.44. The molecule has 1 atom stereocenters. The van der Waals surface area contributed by atoms with Crippen molar-refractivity contribution >= 4 is 48.9 Å². The van der Waals surface area contributed by atoms with Crippen LogP contribution in [0, 0.1) is 13.8 Å². The minimum atomic E-state index is -3.71. The molecule has 2 aromatic carbocycles. The molecule has 1 aromatic heterocycles. The maximum absolute atomic E-state index is 13.2. The van der Waals surface area contributed by atoms with Gasteiger partial charge in [-0.1, -0.05) is 24.3 Å². The lowest BCUT2D eigenvalue weighted by molar-refractivity contribution is -0.117. The Morgan fingerprint density at radius 2 is 1.81 bits per heavy atom. The highest BCUT2D eigenvalue weighted by Gasteiger charge is 2.31. The van der Waals surface area contributed by atoms with Gasteiger partial charge in [-0.3, -0.25) is 18.5 Å². The van der Waals surface area contributed by atoms with Crippen molar-refractivity contribution in [2.24, 2.45) is 0 Å². The third kappa shape index (κ3) is 4.73. The van der Waals surface area contributed by atoms with Crippen LogP contribution in [0.25, 0.3) is 10.2 Å². The van der Waals surface area contributed by atoms with Crippen molar-refractivity contribution in [3.63, 3.8) is 0 Å². The molecule has 0 saturated heterocycles. The van der Waals surface area contributed by atoms with Crippen molar-refractivity contribution < 1.29 is 13.2 Å². The molecule has 0 fully saturated rings. The summed E-state index contributed by atoms with van der Waals surface area (Å²) in [6.45, 7) is 9.53. The van der Waals surface area contributed by atoms with Crippen LogP contribution in [0.4, 0.5) is 11.4 Å². The summed E-state index contributed by atoms with van der Waals surface area (Å²) in [5.74, 6) is -0.425. The summed E-state index contributed by atoms with van der Waals surface area (Å²) in [7, 11) is -3.71. The monoisotopic (exact) mass is 475 g/mol. The summed E-state index contributed by atoms with van der Waals surface area (Å²) in [6, 6.07) is 9.76. The van der Waals surface area contributed by atoms with Gasteiger partial charge in [0.15, 0.2) is 0 Å². The predicted molar refractivity (Wildman–Crippen MR) is 132 cm³/mol. The Bertz CT molecular complexity index is 1320. The molecule has 0 radical (unpaired) electrons. The summed E-state index contributed by atoms with van der Waals surface area (Å²) >= 11 is 1.12. The Kier molecular flexibility index (Phi) is 6.80. The van der Waals surface area contributed by atoms with Gasteiger partial charge >= 0.3 is 4.87 Å². The Labute approximate surface area is 192 Å². The quantitative estimate of drug-likeness (QED) is 0.547. The molecule has 0 bridgehead atoms. The van der Waals surface area contributed by atoms with Crippen molar-refractivity contribution in [1.29, 1.82) is 0 Å². The largest absolute Gasteiger partial charge is 0.324 e. The molecule has 3 rings (SSSR count). The summed E-state index contributed by atoms with van der Waals surface area (Å²) < 4.78 is 29.0. The average Bonchev–Trinajstić information content (AvgIpc) is 3.02. The van der Waals surface area contributed by atoms with E-state index < -0.39 is 22.0 Å². The van der Waals surface area contributed by atoms with Gasteiger partial charge in [0.25, 0.3) is 0 Å². The first-order chi connectivity index (χ1) is 14.9. The molecule has 0 aliphatic carbocycles. The number of nitrogens with zero attached hydrogens (tertiary/aromatic N) is 2. The molecule has 172 valence electrons. The van der Waals surface area contributed by atoms with Crippen LogP contribution in [-0.4, -0.2) is 31.2 Å². The van der Waals surface area contributed by atoms with Gasteiger partial charge in [-0.15, -0.1) is 0 Å². The van der Waals surface area contributed by atoms with E-state index in [-0.39, 0.29) is 10.9 Å². The van der Waals surface area contributed by atoms with Gasteiger partial charge in [0.05, 0.1) is 22.2 Å². The second-order valence-electron chi connectivity index (χ2n) is 8.25. The number of hydrogen-bond donors (Lipinski definition) is 1. The molecule has 0 aliphatic rings. The Balaban J connectivity index is 1.96. The number of benzene rings is 2. The molecule has 9 heteroatoms. The number of amides is 1. The van der Waals surface area contributed by atoms with Crippen molar-refractivity contribution in [1.82, 2.24) is 4.57 Å². The van der Waals surface area contributed by atoms with Gasteiger partial charge < -0.3 is 5.32 Å². The molecule has 3 aromatic rings. The number of hydrogen-bond acceptors (Lipinski definition) is 5. The summed E-state index contributed by atoms with van der Waals surface area (Å²) in [5, 5.41) is 2.84. The highest BCUT2D eigenvalue weighted by molar-refractivity contribution is 7.92. The van der Waals surface area contributed by atoms with Gasteiger partial charge in [0.1, 0.15) is 6.04 Å². The first-order valence-corrected chi connectivity index (χ1v) is 13.1. The zero-order chi connectivity index (χ0) is 23.8. The molecule has 7 nitrogen and oxygen atoms in total. The van der Waals surface area contributed by atoms with Crippen LogP contribution >= 0.6 is 11.3 Å². The van der Waals surface area contributed by atoms with Gasteiger partial charge in [0.2, 0.25) is 15.9 Å². The third-order valence-corrected chi connectivity index (χ3v) is 7.57. The van der Waals surface area contributed by atoms with E-state index in [1.54, 1.807) is 35.8 Å². The number of fused-ring (bicyclic) bond motifs is 1. The van der Waals surface area contributed by atoms with Crippen molar-refractivity contribution in [3.05, 3.63) is 57.2 Å². The van der Waals surface area contributed by atoms with E-state index in [1.165, 1.54) is 4.31 Å². The number of carbonyl (C=O) groups excluding carboxylic acids is 1. The minimum Gasteiger partial charge on any atom is -0.324 e. The number of rotatable bonds is 7. The van der Waals surface area contributed by atoms with Crippen molar-refractivity contribution in [2.75, 3.05) is 15.9 Å². The van der Waals surface area contributed by atoms with Crippen LogP contribution < -0.4 is 14.5 Å². The molecule has 0 spiro atoms. The maximum Gasteiger partial charge on any atom is 0.308 e. The smallest absolute Gasteiger partial charge is 0.308 e. The fourth-order valence-corrected chi connectivity index (χ4v) is 6.01.